The van der Waals surface area contributed by atoms with Crippen LogP contribution in [0.2, 0.25) is 0 Å². The van der Waals surface area contributed by atoms with Crippen LogP contribution in [0.1, 0.15) is 27.0 Å². The lowest BCUT2D eigenvalue weighted by Crippen LogP contribution is -2.29. The fourth-order valence-electron chi connectivity index (χ4n) is 4.67. The second-order valence-corrected chi connectivity index (χ2v) is 11.7. The van der Waals surface area contributed by atoms with E-state index in [0.717, 1.165) is 28.8 Å². The number of nitrogens with zero attached hydrogens (tertiary/aromatic N) is 1. The Labute approximate surface area is 245 Å². The van der Waals surface area contributed by atoms with Crippen LogP contribution in [0.15, 0.2) is 89.8 Å². The number of anilines is 3. The lowest BCUT2D eigenvalue weighted by molar-refractivity contribution is -0.118. The van der Waals surface area contributed by atoms with E-state index in [2.05, 4.69) is 10.0 Å². The Hall–Kier alpha value is -4.83. The van der Waals surface area contributed by atoms with Crippen molar-refractivity contribution in [3.63, 3.8) is 0 Å². The first kappa shape index (κ1) is 28.7. The summed E-state index contributed by atoms with van der Waals surface area (Å²) in [5, 5.41) is 2.80. The van der Waals surface area contributed by atoms with E-state index in [1.807, 2.05) is 32.0 Å². The van der Waals surface area contributed by atoms with Crippen molar-refractivity contribution in [2.45, 2.75) is 25.2 Å². The smallest absolute Gasteiger partial charge is 0.262 e. The number of hydrogen-bond acceptors (Lipinski definition) is 6. The van der Waals surface area contributed by atoms with Gasteiger partial charge in [0.15, 0.2) is 6.61 Å². The molecule has 2 N–H and O–H groups in total. The van der Waals surface area contributed by atoms with Gasteiger partial charge in [-0.15, -0.1) is 0 Å². The molecule has 1 heterocycles. The maximum Gasteiger partial charge on any atom is 0.262 e. The zero-order chi connectivity index (χ0) is 29.9. The van der Waals surface area contributed by atoms with Gasteiger partial charge in [-0.1, -0.05) is 18.2 Å². The molecule has 9 nitrogen and oxygen atoms in total. The molecule has 0 bridgehead atoms. The van der Waals surface area contributed by atoms with Crippen molar-refractivity contribution in [1.29, 1.82) is 0 Å². The summed E-state index contributed by atoms with van der Waals surface area (Å²) in [5.74, 6) is 0.500. The molecule has 1 aliphatic heterocycles. The van der Waals surface area contributed by atoms with Crippen LogP contribution >= 0.6 is 0 Å². The summed E-state index contributed by atoms with van der Waals surface area (Å²) in [6, 6.07) is 23.8. The van der Waals surface area contributed by atoms with Gasteiger partial charge in [0.25, 0.3) is 21.8 Å². The van der Waals surface area contributed by atoms with Gasteiger partial charge in [-0.2, -0.15) is 0 Å². The third-order valence-electron chi connectivity index (χ3n) is 6.99. The molecule has 0 fully saturated rings. The minimum atomic E-state index is -3.80. The Balaban J connectivity index is 1.19. The lowest BCUT2D eigenvalue weighted by atomic mass is 10.1. The minimum Gasteiger partial charge on any atom is -0.497 e. The number of sulfonamides is 1. The Morgan fingerprint density at radius 2 is 1.60 bits per heavy atom. The summed E-state index contributed by atoms with van der Waals surface area (Å²) in [7, 11) is -2.22. The average Bonchev–Trinajstić information content (AvgIpc) is 3.41. The van der Waals surface area contributed by atoms with Crippen molar-refractivity contribution < 1.29 is 27.5 Å². The lowest BCUT2D eigenvalue weighted by Gasteiger charge is -2.18. The van der Waals surface area contributed by atoms with E-state index in [9.17, 15) is 18.0 Å². The first-order chi connectivity index (χ1) is 20.1. The van der Waals surface area contributed by atoms with Crippen LogP contribution in [0.3, 0.4) is 0 Å². The quantitative estimate of drug-likeness (QED) is 0.274. The largest absolute Gasteiger partial charge is 0.497 e. The van der Waals surface area contributed by atoms with E-state index in [-0.39, 0.29) is 17.4 Å². The number of hydrogen-bond donors (Lipinski definition) is 2. The number of aryl methyl sites for hydroxylation is 2. The van der Waals surface area contributed by atoms with Crippen molar-refractivity contribution >= 4 is 38.9 Å². The number of fused-ring (bicyclic) bond motifs is 1. The second-order valence-electron chi connectivity index (χ2n) is 10.0. The van der Waals surface area contributed by atoms with Gasteiger partial charge in [0.2, 0.25) is 0 Å². The predicted octanol–water partition coefficient (Wildman–Crippen LogP) is 5.33. The fourth-order valence-corrected chi connectivity index (χ4v) is 5.79. The third-order valence-corrected chi connectivity index (χ3v) is 8.37. The summed E-state index contributed by atoms with van der Waals surface area (Å²) in [6.45, 7) is 3.99. The zero-order valence-electron chi connectivity index (χ0n) is 23.5. The van der Waals surface area contributed by atoms with Gasteiger partial charge in [-0.3, -0.25) is 14.3 Å². The molecule has 42 heavy (non-hydrogen) atoms. The molecule has 0 aromatic heterocycles. The summed E-state index contributed by atoms with van der Waals surface area (Å²) >= 11 is 0. The molecule has 0 unspecified atom stereocenters. The Morgan fingerprint density at radius 3 is 2.31 bits per heavy atom. The average molecular weight is 586 g/mol. The van der Waals surface area contributed by atoms with Crippen LogP contribution in [0.4, 0.5) is 17.1 Å². The predicted molar refractivity (Wildman–Crippen MR) is 162 cm³/mol. The molecule has 1 aliphatic rings. The van der Waals surface area contributed by atoms with Crippen molar-refractivity contribution in [2.24, 2.45) is 0 Å². The van der Waals surface area contributed by atoms with Gasteiger partial charge in [0.05, 0.1) is 17.7 Å². The highest BCUT2D eigenvalue weighted by Gasteiger charge is 2.26. The molecular formula is C32H31N3O6S. The molecule has 4 aromatic carbocycles. The van der Waals surface area contributed by atoms with Crippen LogP contribution in [-0.4, -0.2) is 40.5 Å². The van der Waals surface area contributed by atoms with Crippen molar-refractivity contribution in [3.05, 3.63) is 107 Å². The van der Waals surface area contributed by atoms with Gasteiger partial charge in [-0.25, -0.2) is 8.42 Å². The molecular weight excluding hydrogens is 554 g/mol. The zero-order valence-corrected chi connectivity index (χ0v) is 24.3. The molecule has 4 aromatic rings. The van der Waals surface area contributed by atoms with Gasteiger partial charge in [0.1, 0.15) is 11.5 Å². The highest BCUT2D eigenvalue weighted by molar-refractivity contribution is 7.92. The first-order valence-corrected chi connectivity index (χ1v) is 14.8. The molecule has 0 aliphatic carbocycles. The van der Waals surface area contributed by atoms with Crippen LogP contribution in [-0.2, 0) is 21.2 Å². The van der Waals surface area contributed by atoms with E-state index in [0.29, 0.717) is 35.0 Å². The van der Waals surface area contributed by atoms with Crippen LogP contribution in [0, 0.1) is 13.8 Å². The second kappa shape index (κ2) is 12.0. The number of amides is 2. The molecule has 10 heteroatoms. The molecule has 5 rings (SSSR count). The maximum absolute atomic E-state index is 13.1. The summed E-state index contributed by atoms with van der Waals surface area (Å²) in [6.07, 6.45) is 0.723. The van der Waals surface area contributed by atoms with Gasteiger partial charge in [0, 0.05) is 23.5 Å². The maximum atomic E-state index is 13.1. The van der Waals surface area contributed by atoms with Gasteiger partial charge in [-0.05, 0) is 104 Å². The van der Waals surface area contributed by atoms with E-state index in [1.54, 1.807) is 54.5 Å². The minimum absolute atomic E-state index is 0.0760. The summed E-state index contributed by atoms with van der Waals surface area (Å²) in [5.41, 5.74) is 5.14. The van der Waals surface area contributed by atoms with Crippen molar-refractivity contribution in [2.75, 3.05) is 35.2 Å². The van der Waals surface area contributed by atoms with Gasteiger partial charge >= 0.3 is 0 Å². The van der Waals surface area contributed by atoms with Crippen LogP contribution in [0.25, 0.3) is 0 Å². The molecule has 2 amide bonds. The van der Waals surface area contributed by atoms with E-state index in [4.69, 9.17) is 9.47 Å². The van der Waals surface area contributed by atoms with E-state index in [1.165, 1.54) is 24.3 Å². The molecule has 0 atom stereocenters. The first-order valence-electron chi connectivity index (χ1n) is 13.3. The summed E-state index contributed by atoms with van der Waals surface area (Å²) < 4.78 is 39.1. The van der Waals surface area contributed by atoms with E-state index >= 15 is 0 Å². The number of benzene rings is 4. The topological polar surface area (TPSA) is 114 Å². The van der Waals surface area contributed by atoms with Crippen molar-refractivity contribution in [3.8, 4) is 11.5 Å². The molecule has 0 radical (unpaired) electrons. The Morgan fingerprint density at radius 1 is 0.881 bits per heavy atom. The normalized spacial score (nSPS) is 12.4. The monoisotopic (exact) mass is 585 g/mol. The molecule has 0 saturated heterocycles. The molecule has 216 valence electrons. The standard InChI is InChI=1S/C32H31N3O6S/c1-21-4-5-22(2)29(18-21)34-42(38,39)28-14-12-27(13-15-28)41-20-31(36)33-25-9-6-23-16-17-35(30(23)19-25)32(37)24-7-10-26(40-3)11-8-24/h4-15,18-19,34H,16-17,20H2,1-3H3,(H,33,36). The van der Waals surface area contributed by atoms with Crippen LogP contribution in [0.5, 0.6) is 11.5 Å². The molecule has 0 spiro atoms. The number of ether oxygens (including phenoxy) is 2. The Kier molecular flexibility index (Phi) is 8.17. The number of nitrogens with one attached hydrogen (secondary N) is 2. The molecule has 0 saturated carbocycles. The van der Waals surface area contributed by atoms with Crippen molar-refractivity contribution in [1.82, 2.24) is 0 Å². The SMILES string of the molecule is COc1ccc(C(=O)N2CCc3ccc(NC(=O)COc4ccc(S(=O)(=O)Nc5cc(C)ccc5C)cc4)cc32)cc1. The summed E-state index contributed by atoms with van der Waals surface area (Å²) in [4.78, 5) is 27.6. The Bertz CT molecular complexity index is 1740. The third kappa shape index (κ3) is 6.39. The number of methoxy groups -OCH3 is 1. The van der Waals surface area contributed by atoms with Gasteiger partial charge < -0.3 is 19.7 Å². The highest BCUT2D eigenvalue weighted by Crippen LogP contribution is 2.32. The fraction of sp³-hybridized carbons (Fsp3) is 0.188. The van der Waals surface area contributed by atoms with E-state index < -0.39 is 15.9 Å². The highest BCUT2D eigenvalue weighted by atomic mass is 32.2. The van der Waals surface area contributed by atoms with Crippen LogP contribution < -0.4 is 24.4 Å². The number of carbonyl (C=O) groups excluding carboxylic acids is 2. The number of rotatable bonds is 9. The number of carbonyl (C=O) groups is 2.